The minimum absolute atomic E-state index is 0.0690. The Labute approximate surface area is 148 Å². The van der Waals surface area contributed by atoms with Crippen molar-refractivity contribution in [3.05, 3.63) is 60.3 Å². The molecule has 1 aromatic carbocycles. The summed E-state index contributed by atoms with van der Waals surface area (Å²) in [6, 6.07) is 15.4. The molecule has 2 aromatic heterocycles. The zero-order valence-electron chi connectivity index (χ0n) is 14.8. The fraction of sp³-hybridized carbons (Fsp3) is 0.286. The third-order valence-electron chi connectivity index (χ3n) is 4.15. The summed E-state index contributed by atoms with van der Waals surface area (Å²) in [6.45, 7) is 5.73. The second-order valence-electron chi connectivity index (χ2n) is 6.08. The van der Waals surface area contributed by atoms with E-state index in [2.05, 4.69) is 18.8 Å². The van der Waals surface area contributed by atoms with E-state index in [1.165, 1.54) is 0 Å². The lowest BCUT2D eigenvalue weighted by Crippen LogP contribution is -2.32. The Bertz CT molecular complexity index is 855. The summed E-state index contributed by atoms with van der Waals surface area (Å²) in [7, 11) is 0. The molecule has 1 amide bonds. The number of pyridine rings is 2. The number of para-hydroxylation sites is 1. The Hall–Kier alpha value is -2.75. The Balaban J connectivity index is 2.14. The van der Waals surface area contributed by atoms with Crippen LogP contribution < -0.4 is 0 Å². The van der Waals surface area contributed by atoms with Gasteiger partial charge in [-0.1, -0.05) is 38.1 Å². The van der Waals surface area contributed by atoms with E-state index < -0.39 is 0 Å². The number of benzene rings is 1. The average Bonchev–Trinajstić information content (AvgIpc) is 2.67. The number of amides is 1. The third-order valence-corrected chi connectivity index (χ3v) is 4.15. The van der Waals surface area contributed by atoms with Crippen LogP contribution in [0.1, 0.15) is 37.0 Å². The van der Waals surface area contributed by atoms with Gasteiger partial charge in [0.15, 0.2) is 0 Å². The molecule has 0 atom stereocenters. The van der Waals surface area contributed by atoms with E-state index in [0.717, 1.165) is 48.2 Å². The zero-order chi connectivity index (χ0) is 17.6. The van der Waals surface area contributed by atoms with Crippen molar-refractivity contribution in [3.63, 3.8) is 0 Å². The summed E-state index contributed by atoms with van der Waals surface area (Å²) in [5, 5.41) is 0.893. The Morgan fingerprint density at radius 3 is 2.36 bits per heavy atom. The topological polar surface area (TPSA) is 46.1 Å². The summed E-state index contributed by atoms with van der Waals surface area (Å²) in [5.74, 6) is 0.0690. The summed E-state index contributed by atoms with van der Waals surface area (Å²) in [4.78, 5) is 24.2. The highest BCUT2D eigenvalue weighted by Gasteiger charge is 2.19. The number of aromatic nitrogens is 2. The molecule has 0 aliphatic heterocycles. The van der Waals surface area contributed by atoms with Gasteiger partial charge in [0, 0.05) is 24.7 Å². The highest BCUT2D eigenvalue weighted by Crippen LogP contribution is 2.25. The molecule has 0 fully saturated rings. The van der Waals surface area contributed by atoms with Gasteiger partial charge in [-0.2, -0.15) is 0 Å². The van der Waals surface area contributed by atoms with Crippen molar-refractivity contribution in [2.24, 2.45) is 0 Å². The maximum atomic E-state index is 13.2. The molecule has 0 saturated heterocycles. The van der Waals surface area contributed by atoms with Gasteiger partial charge in [0.2, 0.25) is 0 Å². The van der Waals surface area contributed by atoms with E-state index in [4.69, 9.17) is 4.98 Å². The lowest BCUT2D eigenvalue weighted by atomic mass is 10.0. The van der Waals surface area contributed by atoms with Gasteiger partial charge in [-0.3, -0.25) is 9.78 Å². The molecular weight excluding hydrogens is 310 g/mol. The molecule has 0 N–H and O–H groups in total. The number of hydrogen-bond donors (Lipinski definition) is 0. The minimum Gasteiger partial charge on any atom is -0.339 e. The molecule has 3 aromatic rings. The molecule has 0 unspecified atom stereocenters. The number of fused-ring (bicyclic) bond motifs is 1. The van der Waals surface area contributed by atoms with Crippen molar-refractivity contribution in [1.29, 1.82) is 0 Å². The van der Waals surface area contributed by atoms with Crippen LogP contribution in [0.2, 0.25) is 0 Å². The van der Waals surface area contributed by atoms with Crippen LogP contribution in [0.5, 0.6) is 0 Å². The summed E-state index contributed by atoms with van der Waals surface area (Å²) < 4.78 is 0. The van der Waals surface area contributed by atoms with Crippen LogP contribution in [0.3, 0.4) is 0 Å². The predicted octanol–water partition coefficient (Wildman–Crippen LogP) is 4.56. The number of carbonyl (C=O) groups is 1. The Kier molecular flexibility index (Phi) is 5.39. The summed E-state index contributed by atoms with van der Waals surface area (Å²) >= 11 is 0. The Morgan fingerprint density at radius 2 is 1.68 bits per heavy atom. The molecule has 0 bridgehead atoms. The number of carbonyl (C=O) groups excluding carboxylic acids is 1. The Morgan fingerprint density at radius 1 is 0.960 bits per heavy atom. The molecule has 128 valence electrons. The monoisotopic (exact) mass is 333 g/mol. The van der Waals surface area contributed by atoms with Gasteiger partial charge >= 0.3 is 0 Å². The first-order chi connectivity index (χ1) is 12.2. The van der Waals surface area contributed by atoms with Gasteiger partial charge in [-0.25, -0.2) is 4.98 Å². The average molecular weight is 333 g/mol. The molecule has 0 aliphatic carbocycles. The number of nitrogens with zero attached hydrogens (tertiary/aromatic N) is 3. The van der Waals surface area contributed by atoms with Crippen LogP contribution in [0.15, 0.2) is 54.7 Å². The van der Waals surface area contributed by atoms with E-state index in [1.807, 2.05) is 53.4 Å². The molecule has 4 heteroatoms. The first-order valence-corrected chi connectivity index (χ1v) is 8.85. The lowest BCUT2D eigenvalue weighted by Gasteiger charge is -2.22. The molecule has 4 nitrogen and oxygen atoms in total. The fourth-order valence-corrected chi connectivity index (χ4v) is 3.02. The van der Waals surface area contributed by atoms with Crippen molar-refractivity contribution in [3.8, 4) is 11.4 Å². The smallest absolute Gasteiger partial charge is 0.254 e. The molecule has 2 heterocycles. The van der Waals surface area contributed by atoms with Crippen LogP contribution >= 0.6 is 0 Å². The van der Waals surface area contributed by atoms with Crippen molar-refractivity contribution in [2.45, 2.75) is 26.7 Å². The van der Waals surface area contributed by atoms with Crippen LogP contribution in [-0.2, 0) is 0 Å². The highest BCUT2D eigenvalue weighted by molar-refractivity contribution is 6.07. The third kappa shape index (κ3) is 3.68. The van der Waals surface area contributed by atoms with Crippen molar-refractivity contribution in [1.82, 2.24) is 14.9 Å². The van der Waals surface area contributed by atoms with Gasteiger partial charge in [-0.05, 0) is 37.1 Å². The predicted molar refractivity (Wildman–Crippen MR) is 101 cm³/mol. The van der Waals surface area contributed by atoms with E-state index in [9.17, 15) is 4.79 Å². The van der Waals surface area contributed by atoms with Gasteiger partial charge < -0.3 is 4.90 Å². The lowest BCUT2D eigenvalue weighted by molar-refractivity contribution is 0.0757. The fourth-order valence-electron chi connectivity index (χ4n) is 3.02. The quantitative estimate of drug-likeness (QED) is 0.664. The second kappa shape index (κ2) is 7.88. The molecule has 0 aliphatic rings. The molecule has 25 heavy (non-hydrogen) atoms. The molecule has 0 radical (unpaired) electrons. The number of hydrogen-bond acceptors (Lipinski definition) is 3. The van der Waals surface area contributed by atoms with Gasteiger partial charge in [-0.15, -0.1) is 0 Å². The molecule has 0 saturated carbocycles. The SMILES string of the molecule is CCCN(CCC)C(=O)c1cc(-c2ccccn2)nc2ccccc12. The normalized spacial score (nSPS) is 10.8. The highest BCUT2D eigenvalue weighted by atomic mass is 16.2. The first kappa shape index (κ1) is 17.1. The number of rotatable bonds is 6. The van der Waals surface area contributed by atoms with E-state index in [-0.39, 0.29) is 5.91 Å². The van der Waals surface area contributed by atoms with E-state index in [1.54, 1.807) is 6.20 Å². The van der Waals surface area contributed by atoms with Crippen LogP contribution in [0.4, 0.5) is 0 Å². The van der Waals surface area contributed by atoms with Crippen molar-refractivity contribution >= 4 is 16.8 Å². The van der Waals surface area contributed by atoms with E-state index in [0.29, 0.717) is 5.56 Å². The van der Waals surface area contributed by atoms with Gasteiger partial charge in [0.1, 0.15) is 0 Å². The van der Waals surface area contributed by atoms with Crippen LogP contribution in [-0.4, -0.2) is 33.9 Å². The molecular formula is C21H23N3O. The minimum atomic E-state index is 0.0690. The maximum absolute atomic E-state index is 13.2. The van der Waals surface area contributed by atoms with Crippen molar-refractivity contribution in [2.75, 3.05) is 13.1 Å². The van der Waals surface area contributed by atoms with Gasteiger partial charge in [0.25, 0.3) is 5.91 Å². The maximum Gasteiger partial charge on any atom is 0.254 e. The first-order valence-electron chi connectivity index (χ1n) is 8.85. The van der Waals surface area contributed by atoms with E-state index >= 15 is 0 Å². The second-order valence-corrected chi connectivity index (χ2v) is 6.08. The van der Waals surface area contributed by atoms with Gasteiger partial charge in [0.05, 0.1) is 22.5 Å². The van der Waals surface area contributed by atoms with Crippen LogP contribution in [0.25, 0.3) is 22.3 Å². The molecule has 3 rings (SSSR count). The zero-order valence-corrected chi connectivity index (χ0v) is 14.8. The van der Waals surface area contributed by atoms with Crippen molar-refractivity contribution < 1.29 is 4.79 Å². The molecule has 0 spiro atoms. The summed E-state index contributed by atoms with van der Waals surface area (Å²) in [6.07, 6.45) is 3.64. The summed E-state index contributed by atoms with van der Waals surface area (Å²) in [5.41, 5.74) is 3.03. The van der Waals surface area contributed by atoms with Crippen LogP contribution in [0, 0.1) is 0 Å². The standard InChI is InChI=1S/C21H23N3O/c1-3-13-24(14-4-2)21(25)17-15-20(19-11-7-8-12-22-19)23-18-10-6-5-9-16(17)18/h5-12,15H,3-4,13-14H2,1-2H3. The largest absolute Gasteiger partial charge is 0.339 e.